The van der Waals surface area contributed by atoms with E-state index in [4.69, 9.17) is 4.74 Å². The van der Waals surface area contributed by atoms with E-state index in [2.05, 4.69) is 5.10 Å². The van der Waals surface area contributed by atoms with Crippen molar-refractivity contribution in [1.29, 1.82) is 0 Å². The summed E-state index contributed by atoms with van der Waals surface area (Å²) in [5.74, 6) is -0.155. The molecule has 23 heavy (non-hydrogen) atoms. The maximum absolute atomic E-state index is 12.1. The molecule has 1 aromatic carbocycles. The number of carbonyl (C=O) groups is 2. The summed E-state index contributed by atoms with van der Waals surface area (Å²) in [5, 5.41) is 5.85. The molecule has 124 valence electrons. The van der Waals surface area contributed by atoms with Crippen molar-refractivity contribution in [3.63, 3.8) is 0 Å². The minimum absolute atomic E-state index is 0.0318. The monoisotopic (exact) mass is 316 g/mol. The number of carbonyl (C=O) groups excluding carboxylic acids is 2. The average Bonchev–Trinajstić information content (AvgIpc) is 2.77. The number of amides is 1. The van der Waals surface area contributed by atoms with E-state index < -0.39 is 5.60 Å². The molecule has 0 saturated heterocycles. The summed E-state index contributed by atoms with van der Waals surface area (Å²) in [5.41, 5.74) is 1.11. The smallest absolute Gasteiger partial charge is 0.306 e. The van der Waals surface area contributed by atoms with Gasteiger partial charge in [-0.3, -0.25) is 9.59 Å². The van der Waals surface area contributed by atoms with Crippen molar-refractivity contribution in [2.45, 2.75) is 52.6 Å². The first kappa shape index (κ1) is 17.2. The molecule has 0 fully saturated rings. The van der Waals surface area contributed by atoms with Crippen molar-refractivity contribution in [1.82, 2.24) is 0 Å². The lowest BCUT2D eigenvalue weighted by Gasteiger charge is -2.20. The summed E-state index contributed by atoms with van der Waals surface area (Å²) in [6.45, 7) is 7.54. The van der Waals surface area contributed by atoms with Crippen molar-refractivity contribution in [3.8, 4) is 0 Å². The molecule has 1 amide bonds. The fourth-order valence-corrected chi connectivity index (χ4v) is 2.51. The van der Waals surface area contributed by atoms with Crippen LogP contribution in [0.3, 0.4) is 0 Å². The van der Waals surface area contributed by atoms with Crippen LogP contribution in [0.15, 0.2) is 35.4 Å². The number of nitrogens with zero attached hydrogens (tertiary/aromatic N) is 2. The fraction of sp³-hybridized carbons (Fsp3) is 0.500. The predicted octanol–water partition coefficient (Wildman–Crippen LogP) is 3.54. The molecule has 0 aromatic heterocycles. The van der Waals surface area contributed by atoms with Crippen LogP contribution in [-0.4, -0.2) is 23.2 Å². The van der Waals surface area contributed by atoms with E-state index in [1.54, 1.807) is 0 Å². The van der Waals surface area contributed by atoms with Crippen molar-refractivity contribution in [2.24, 2.45) is 11.0 Å². The first-order valence-electron chi connectivity index (χ1n) is 7.91. The molecule has 0 unspecified atom stereocenters. The molecule has 0 radical (unpaired) electrons. The summed E-state index contributed by atoms with van der Waals surface area (Å²) in [6, 6.07) is 9.36. The van der Waals surface area contributed by atoms with Gasteiger partial charge >= 0.3 is 5.97 Å². The summed E-state index contributed by atoms with van der Waals surface area (Å²) < 4.78 is 5.33. The lowest BCUT2D eigenvalue weighted by Crippen LogP contribution is -2.25. The number of ether oxygens (including phenoxy) is 1. The van der Waals surface area contributed by atoms with Gasteiger partial charge in [0.15, 0.2) is 0 Å². The Labute approximate surface area is 137 Å². The van der Waals surface area contributed by atoms with Crippen molar-refractivity contribution in [2.75, 3.05) is 5.01 Å². The van der Waals surface area contributed by atoms with Crippen LogP contribution < -0.4 is 5.01 Å². The van der Waals surface area contributed by atoms with Gasteiger partial charge in [0.25, 0.3) is 5.91 Å². The maximum atomic E-state index is 12.1. The van der Waals surface area contributed by atoms with E-state index >= 15 is 0 Å². The fourth-order valence-electron chi connectivity index (χ4n) is 2.51. The van der Waals surface area contributed by atoms with Gasteiger partial charge in [-0.15, -0.1) is 0 Å². The Bertz CT molecular complexity index is 602. The maximum Gasteiger partial charge on any atom is 0.306 e. The first-order chi connectivity index (χ1) is 10.7. The van der Waals surface area contributed by atoms with Gasteiger partial charge < -0.3 is 4.74 Å². The van der Waals surface area contributed by atoms with Crippen molar-refractivity contribution < 1.29 is 14.3 Å². The van der Waals surface area contributed by atoms with E-state index in [1.165, 1.54) is 5.01 Å². The van der Waals surface area contributed by atoms with Crippen LogP contribution >= 0.6 is 0 Å². The van der Waals surface area contributed by atoms with Crippen molar-refractivity contribution >= 4 is 23.3 Å². The second kappa shape index (κ2) is 6.94. The minimum atomic E-state index is -0.470. The lowest BCUT2D eigenvalue weighted by atomic mass is 9.99. The van der Waals surface area contributed by atoms with Crippen LogP contribution in [0.5, 0.6) is 0 Å². The van der Waals surface area contributed by atoms with Gasteiger partial charge in [-0.1, -0.05) is 25.1 Å². The summed E-state index contributed by atoms with van der Waals surface area (Å²) in [6.07, 6.45) is 1.26. The molecule has 0 spiro atoms. The Morgan fingerprint density at radius 2 is 1.96 bits per heavy atom. The zero-order valence-corrected chi connectivity index (χ0v) is 14.2. The quantitative estimate of drug-likeness (QED) is 0.781. The Morgan fingerprint density at radius 1 is 1.30 bits per heavy atom. The Kier molecular flexibility index (Phi) is 5.19. The molecule has 5 heteroatoms. The molecule has 0 saturated carbocycles. The molecule has 0 bridgehead atoms. The van der Waals surface area contributed by atoms with E-state index in [-0.39, 0.29) is 17.8 Å². The van der Waals surface area contributed by atoms with E-state index in [9.17, 15) is 9.59 Å². The third-order valence-electron chi connectivity index (χ3n) is 3.35. The molecule has 1 aliphatic rings. The number of anilines is 1. The highest BCUT2D eigenvalue weighted by molar-refractivity contribution is 6.13. The highest BCUT2D eigenvalue weighted by Crippen LogP contribution is 2.23. The molecular weight excluding hydrogens is 292 g/mol. The van der Waals surface area contributed by atoms with Crippen LogP contribution in [0.4, 0.5) is 5.69 Å². The second-order valence-electron chi connectivity index (χ2n) is 6.98. The van der Waals surface area contributed by atoms with Crippen molar-refractivity contribution in [3.05, 3.63) is 30.3 Å². The number of esters is 1. The number of hydrogen-bond acceptors (Lipinski definition) is 4. The Hall–Kier alpha value is -2.17. The molecule has 1 atom stereocenters. The third kappa shape index (κ3) is 5.20. The molecule has 0 N–H and O–H groups in total. The molecule has 2 rings (SSSR count). The molecule has 1 heterocycles. The number of benzene rings is 1. The zero-order valence-electron chi connectivity index (χ0n) is 14.2. The predicted molar refractivity (Wildman–Crippen MR) is 90.2 cm³/mol. The van der Waals surface area contributed by atoms with Crippen LogP contribution in [0.2, 0.25) is 0 Å². The largest absolute Gasteiger partial charge is 0.460 e. The van der Waals surface area contributed by atoms with Gasteiger partial charge in [0.2, 0.25) is 0 Å². The van der Waals surface area contributed by atoms with E-state index in [1.807, 2.05) is 58.0 Å². The van der Waals surface area contributed by atoms with E-state index in [0.29, 0.717) is 19.3 Å². The summed E-state index contributed by atoms with van der Waals surface area (Å²) in [7, 11) is 0. The van der Waals surface area contributed by atoms with Gasteiger partial charge in [-0.25, -0.2) is 5.01 Å². The number of para-hydroxylation sites is 1. The first-order valence-corrected chi connectivity index (χ1v) is 7.91. The topological polar surface area (TPSA) is 59.0 Å². The van der Waals surface area contributed by atoms with Gasteiger partial charge in [-0.2, -0.15) is 5.10 Å². The van der Waals surface area contributed by atoms with Crippen LogP contribution in [0.1, 0.15) is 47.0 Å². The molecule has 1 aliphatic heterocycles. The van der Waals surface area contributed by atoms with Gasteiger partial charge in [0.05, 0.1) is 12.1 Å². The molecule has 5 nitrogen and oxygen atoms in total. The standard InChI is InChI=1S/C18H24N2O3/c1-13(11-17(22)23-18(2,3)4)10-14-12-16(21)20(19-14)15-8-6-5-7-9-15/h5-9,13H,10-12H2,1-4H3/t13-/m0/s1. The molecule has 1 aromatic rings. The minimum Gasteiger partial charge on any atom is -0.460 e. The van der Waals surface area contributed by atoms with Crippen LogP contribution in [0, 0.1) is 5.92 Å². The van der Waals surface area contributed by atoms with E-state index in [0.717, 1.165) is 11.4 Å². The summed E-state index contributed by atoms with van der Waals surface area (Å²) >= 11 is 0. The lowest BCUT2D eigenvalue weighted by molar-refractivity contribution is -0.155. The SMILES string of the molecule is C[C@H](CC(=O)OC(C)(C)C)CC1=NN(c2ccccc2)C(=O)C1. The third-order valence-corrected chi connectivity index (χ3v) is 3.35. The number of hydrogen-bond donors (Lipinski definition) is 0. The van der Waals surface area contributed by atoms with Gasteiger partial charge in [0, 0.05) is 12.1 Å². The molecular formula is C18H24N2O3. The normalized spacial score (nSPS) is 16.3. The zero-order chi connectivity index (χ0) is 17.0. The number of rotatable bonds is 5. The van der Waals surface area contributed by atoms with Crippen LogP contribution in [-0.2, 0) is 14.3 Å². The van der Waals surface area contributed by atoms with Gasteiger partial charge in [-0.05, 0) is 45.2 Å². The van der Waals surface area contributed by atoms with Gasteiger partial charge in [0.1, 0.15) is 5.60 Å². The summed E-state index contributed by atoms with van der Waals surface area (Å²) in [4.78, 5) is 23.9. The second-order valence-corrected chi connectivity index (χ2v) is 6.98. The molecule has 0 aliphatic carbocycles. The average molecular weight is 316 g/mol. The highest BCUT2D eigenvalue weighted by atomic mass is 16.6. The number of hydrazone groups is 1. The van der Waals surface area contributed by atoms with Crippen LogP contribution in [0.25, 0.3) is 0 Å². The highest BCUT2D eigenvalue weighted by Gasteiger charge is 2.27. The Balaban J connectivity index is 1.93. The Morgan fingerprint density at radius 3 is 2.57 bits per heavy atom.